The van der Waals surface area contributed by atoms with Crippen molar-refractivity contribution in [3.05, 3.63) is 59.8 Å². The van der Waals surface area contributed by atoms with Crippen LogP contribution in [-0.4, -0.2) is 49.2 Å². The minimum absolute atomic E-state index is 0. The number of halogens is 1. The summed E-state index contributed by atoms with van der Waals surface area (Å²) in [5.74, 6) is 2.10. The molecule has 1 aromatic heterocycles. The quantitative estimate of drug-likeness (QED) is 0.334. The van der Waals surface area contributed by atoms with Crippen LogP contribution in [-0.2, 0) is 17.9 Å². The Bertz CT molecular complexity index is 751. The van der Waals surface area contributed by atoms with Gasteiger partial charge in [0.2, 0.25) is 5.88 Å². The summed E-state index contributed by atoms with van der Waals surface area (Å²) in [5.41, 5.74) is 2.10. The maximum absolute atomic E-state index is 5.95. The first-order valence-electron chi connectivity index (χ1n) is 9.94. The van der Waals surface area contributed by atoms with Crippen LogP contribution in [0.1, 0.15) is 24.5 Å². The van der Waals surface area contributed by atoms with E-state index >= 15 is 0 Å². The van der Waals surface area contributed by atoms with Crippen LogP contribution in [0.15, 0.2) is 53.7 Å². The topological polar surface area (TPSA) is 59.0 Å². The fourth-order valence-corrected chi connectivity index (χ4v) is 3.23. The maximum Gasteiger partial charge on any atom is 0.218 e. The van der Waals surface area contributed by atoms with E-state index in [4.69, 9.17) is 14.5 Å². The van der Waals surface area contributed by atoms with E-state index < -0.39 is 0 Å². The molecule has 1 unspecified atom stereocenters. The lowest BCUT2D eigenvalue weighted by molar-refractivity contribution is 0.181. The number of hydrogen-bond acceptors (Lipinski definition) is 4. The molecule has 6 nitrogen and oxygen atoms in total. The molecular formula is C22H31IN4O2. The summed E-state index contributed by atoms with van der Waals surface area (Å²) in [6.45, 7) is 6.57. The van der Waals surface area contributed by atoms with Crippen molar-refractivity contribution in [2.75, 3.05) is 33.4 Å². The van der Waals surface area contributed by atoms with E-state index in [9.17, 15) is 0 Å². The van der Waals surface area contributed by atoms with Gasteiger partial charge in [-0.2, -0.15) is 0 Å². The molecule has 1 N–H and O–H groups in total. The monoisotopic (exact) mass is 510 g/mol. The van der Waals surface area contributed by atoms with Gasteiger partial charge in [0.05, 0.1) is 13.2 Å². The maximum atomic E-state index is 5.95. The Balaban J connectivity index is 0.00000300. The molecule has 1 aliphatic heterocycles. The minimum Gasteiger partial charge on any atom is -0.473 e. The number of benzene rings is 1. The molecule has 0 amide bonds. The van der Waals surface area contributed by atoms with Gasteiger partial charge in [0, 0.05) is 44.4 Å². The molecular weight excluding hydrogens is 479 g/mol. The van der Waals surface area contributed by atoms with E-state index in [0.717, 1.165) is 49.8 Å². The Morgan fingerprint density at radius 2 is 2.10 bits per heavy atom. The summed E-state index contributed by atoms with van der Waals surface area (Å²) in [5, 5.41) is 3.38. The normalized spacial score (nSPS) is 16.2. The molecule has 1 atom stereocenters. The first-order chi connectivity index (χ1) is 13.8. The fraction of sp³-hybridized carbons (Fsp3) is 0.455. The number of hydrogen-bond donors (Lipinski definition) is 1. The molecule has 1 saturated heterocycles. The van der Waals surface area contributed by atoms with Crippen molar-refractivity contribution in [2.24, 2.45) is 10.9 Å². The lowest BCUT2D eigenvalue weighted by atomic mass is 10.1. The van der Waals surface area contributed by atoms with Crippen LogP contribution >= 0.6 is 24.0 Å². The molecule has 0 radical (unpaired) electrons. The van der Waals surface area contributed by atoms with Crippen molar-refractivity contribution in [3.8, 4) is 5.88 Å². The standard InChI is InChI=1S/C22H30N4O2.HI/c1-3-23-22(26(2)15-19-11-13-27-16-19)25-14-20-10-7-12-24-21(20)28-17-18-8-5-4-6-9-18;/h4-10,12,19H,3,11,13-17H2,1-2H3,(H,23,25);1H. The van der Waals surface area contributed by atoms with E-state index in [-0.39, 0.29) is 24.0 Å². The largest absolute Gasteiger partial charge is 0.473 e. The molecule has 7 heteroatoms. The lowest BCUT2D eigenvalue weighted by Gasteiger charge is -2.24. The zero-order valence-corrected chi connectivity index (χ0v) is 19.5. The molecule has 0 saturated carbocycles. The van der Waals surface area contributed by atoms with Crippen LogP contribution in [0.3, 0.4) is 0 Å². The van der Waals surface area contributed by atoms with Crippen molar-refractivity contribution in [1.29, 1.82) is 0 Å². The van der Waals surface area contributed by atoms with Crippen LogP contribution in [0.2, 0.25) is 0 Å². The Morgan fingerprint density at radius 1 is 1.28 bits per heavy atom. The van der Waals surface area contributed by atoms with E-state index in [0.29, 0.717) is 24.9 Å². The molecule has 1 fully saturated rings. The highest BCUT2D eigenvalue weighted by Crippen LogP contribution is 2.18. The van der Waals surface area contributed by atoms with Gasteiger partial charge in [0.25, 0.3) is 0 Å². The number of guanidine groups is 1. The average molecular weight is 510 g/mol. The third-order valence-corrected chi connectivity index (χ3v) is 4.72. The van der Waals surface area contributed by atoms with Crippen molar-refractivity contribution in [3.63, 3.8) is 0 Å². The van der Waals surface area contributed by atoms with Gasteiger partial charge < -0.3 is 19.7 Å². The highest BCUT2D eigenvalue weighted by molar-refractivity contribution is 14.0. The summed E-state index contributed by atoms with van der Waals surface area (Å²) in [6, 6.07) is 14.1. The van der Waals surface area contributed by atoms with Crippen molar-refractivity contribution >= 4 is 29.9 Å². The van der Waals surface area contributed by atoms with Crippen molar-refractivity contribution in [1.82, 2.24) is 15.2 Å². The first-order valence-corrected chi connectivity index (χ1v) is 9.94. The van der Waals surface area contributed by atoms with Gasteiger partial charge in [-0.1, -0.05) is 36.4 Å². The second kappa shape index (κ2) is 12.6. The molecule has 2 heterocycles. The summed E-state index contributed by atoms with van der Waals surface area (Å²) in [4.78, 5) is 11.4. The Labute approximate surface area is 190 Å². The minimum atomic E-state index is 0. The second-order valence-electron chi connectivity index (χ2n) is 7.02. The van der Waals surface area contributed by atoms with Crippen LogP contribution in [0.5, 0.6) is 5.88 Å². The van der Waals surface area contributed by atoms with Gasteiger partial charge in [-0.3, -0.25) is 0 Å². The van der Waals surface area contributed by atoms with Crippen LogP contribution in [0.25, 0.3) is 0 Å². The summed E-state index contributed by atoms with van der Waals surface area (Å²) < 4.78 is 11.4. The summed E-state index contributed by atoms with van der Waals surface area (Å²) in [7, 11) is 2.08. The van der Waals surface area contributed by atoms with E-state index in [1.54, 1.807) is 6.20 Å². The van der Waals surface area contributed by atoms with E-state index in [1.165, 1.54) is 0 Å². The average Bonchev–Trinajstić information content (AvgIpc) is 3.24. The molecule has 1 aliphatic rings. The Kier molecular flexibility index (Phi) is 10.2. The highest BCUT2D eigenvalue weighted by atomic mass is 127. The smallest absolute Gasteiger partial charge is 0.218 e. The van der Waals surface area contributed by atoms with Crippen LogP contribution in [0, 0.1) is 5.92 Å². The predicted molar refractivity (Wildman–Crippen MR) is 127 cm³/mol. The summed E-state index contributed by atoms with van der Waals surface area (Å²) in [6.07, 6.45) is 2.87. The molecule has 2 aromatic rings. The highest BCUT2D eigenvalue weighted by Gasteiger charge is 2.19. The Morgan fingerprint density at radius 3 is 2.83 bits per heavy atom. The number of aliphatic imine (C=N–C) groups is 1. The molecule has 158 valence electrons. The van der Waals surface area contributed by atoms with Gasteiger partial charge in [0.1, 0.15) is 6.61 Å². The van der Waals surface area contributed by atoms with E-state index in [1.807, 2.05) is 42.5 Å². The fourth-order valence-electron chi connectivity index (χ4n) is 3.23. The number of nitrogens with one attached hydrogen (secondary N) is 1. The van der Waals surface area contributed by atoms with E-state index in [2.05, 4.69) is 29.2 Å². The lowest BCUT2D eigenvalue weighted by Crippen LogP contribution is -2.41. The van der Waals surface area contributed by atoms with Crippen LogP contribution in [0.4, 0.5) is 0 Å². The number of ether oxygens (including phenoxy) is 2. The number of nitrogens with zero attached hydrogens (tertiary/aromatic N) is 3. The second-order valence-corrected chi connectivity index (χ2v) is 7.02. The van der Waals surface area contributed by atoms with Gasteiger partial charge in [-0.25, -0.2) is 9.98 Å². The summed E-state index contributed by atoms with van der Waals surface area (Å²) >= 11 is 0. The zero-order chi connectivity index (χ0) is 19.6. The van der Waals surface area contributed by atoms with Gasteiger partial charge in [0.15, 0.2) is 5.96 Å². The third kappa shape index (κ3) is 7.47. The van der Waals surface area contributed by atoms with Crippen molar-refractivity contribution in [2.45, 2.75) is 26.5 Å². The molecule has 3 rings (SSSR count). The third-order valence-electron chi connectivity index (χ3n) is 4.72. The van der Waals surface area contributed by atoms with Crippen LogP contribution < -0.4 is 10.1 Å². The molecule has 0 bridgehead atoms. The number of aromatic nitrogens is 1. The number of rotatable bonds is 8. The van der Waals surface area contributed by atoms with Gasteiger partial charge >= 0.3 is 0 Å². The first kappa shape index (κ1) is 23.4. The molecule has 29 heavy (non-hydrogen) atoms. The molecule has 0 aliphatic carbocycles. The van der Waals surface area contributed by atoms with Gasteiger partial charge in [-0.15, -0.1) is 24.0 Å². The molecule has 1 aromatic carbocycles. The van der Waals surface area contributed by atoms with Gasteiger partial charge in [-0.05, 0) is 25.0 Å². The molecule has 0 spiro atoms. The van der Waals surface area contributed by atoms with Crippen molar-refractivity contribution < 1.29 is 9.47 Å². The predicted octanol–water partition coefficient (Wildman–Crippen LogP) is 3.71. The zero-order valence-electron chi connectivity index (χ0n) is 17.2. The number of pyridine rings is 1. The Hall–Kier alpha value is -1.87. The SMILES string of the molecule is CCNC(=NCc1cccnc1OCc1ccccc1)N(C)CC1CCOC1.I.